The molecule has 3 nitrogen and oxygen atoms in total. The molecule has 1 aromatic carbocycles. The summed E-state index contributed by atoms with van der Waals surface area (Å²) >= 11 is 0. The van der Waals surface area contributed by atoms with E-state index in [4.69, 9.17) is 5.73 Å². The molecule has 21 heavy (non-hydrogen) atoms. The first-order valence-corrected chi connectivity index (χ1v) is 8.12. The normalized spacial score (nSPS) is 22.3. The van der Waals surface area contributed by atoms with E-state index in [1.807, 2.05) is 25.1 Å². The second-order valence-corrected chi connectivity index (χ2v) is 6.90. The van der Waals surface area contributed by atoms with E-state index >= 15 is 0 Å². The maximum absolute atomic E-state index is 11.2. The maximum Gasteiger partial charge on any atom is 0.248 e. The number of hydrogen-bond donors (Lipinski definition) is 2. The molecule has 116 valence electrons. The summed E-state index contributed by atoms with van der Waals surface area (Å²) in [5, 5.41) is 3.67. The van der Waals surface area contributed by atoms with Crippen molar-refractivity contribution in [1.29, 1.82) is 0 Å². The number of nitrogens with two attached hydrogens (primary N) is 1. The predicted molar refractivity (Wildman–Crippen MR) is 88.5 cm³/mol. The van der Waals surface area contributed by atoms with Gasteiger partial charge in [-0.05, 0) is 61.8 Å². The zero-order chi connectivity index (χ0) is 15.4. The highest BCUT2D eigenvalue weighted by molar-refractivity contribution is 5.93. The van der Waals surface area contributed by atoms with E-state index in [2.05, 4.69) is 19.2 Å². The van der Waals surface area contributed by atoms with Crippen LogP contribution in [0, 0.1) is 18.8 Å². The standard InChI is InChI=1S/C18H28N2O/c1-12(2)9-14-5-4-6-16(11-14)20-17-8-7-15(18(19)21)10-13(17)3/h7-8,10,12,14,16,20H,4-6,9,11H2,1-3H3,(H2,19,21). The Bertz CT molecular complexity index is 496. The van der Waals surface area contributed by atoms with Crippen LogP contribution >= 0.6 is 0 Å². The number of anilines is 1. The third-order valence-corrected chi connectivity index (χ3v) is 4.46. The number of carbonyl (C=O) groups excluding carboxylic acids is 1. The van der Waals surface area contributed by atoms with Gasteiger partial charge in [-0.25, -0.2) is 0 Å². The predicted octanol–water partition coefficient (Wildman–Crippen LogP) is 4.11. The Morgan fingerprint density at radius 1 is 1.38 bits per heavy atom. The Labute approximate surface area is 128 Å². The van der Waals surface area contributed by atoms with Crippen LogP contribution < -0.4 is 11.1 Å². The Morgan fingerprint density at radius 3 is 2.76 bits per heavy atom. The Hall–Kier alpha value is -1.51. The fourth-order valence-electron chi connectivity index (χ4n) is 3.50. The van der Waals surface area contributed by atoms with Gasteiger partial charge in [0.25, 0.3) is 0 Å². The summed E-state index contributed by atoms with van der Waals surface area (Å²) in [6, 6.07) is 6.23. The number of rotatable bonds is 5. The van der Waals surface area contributed by atoms with Gasteiger partial charge in [0.15, 0.2) is 0 Å². The molecule has 0 saturated heterocycles. The van der Waals surface area contributed by atoms with Crippen LogP contribution in [0.4, 0.5) is 5.69 Å². The zero-order valence-electron chi connectivity index (χ0n) is 13.5. The minimum Gasteiger partial charge on any atom is -0.382 e. The van der Waals surface area contributed by atoms with E-state index in [1.165, 1.54) is 32.1 Å². The van der Waals surface area contributed by atoms with Crippen LogP contribution in [0.1, 0.15) is 61.9 Å². The van der Waals surface area contributed by atoms with Crippen molar-refractivity contribution >= 4 is 11.6 Å². The van der Waals surface area contributed by atoms with Gasteiger partial charge in [0, 0.05) is 17.3 Å². The van der Waals surface area contributed by atoms with E-state index < -0.39 is 0 Å². The topological polar surface area (TPSA) is 55.1 Å². The molecule has 1 aromatic rings. The Balaban J connectivity index is 1.99. The van der Waals surface area contributed by atoms with E-state index in [1.54, 1.807) is 0 Å². The van der Waals surface area contributed by atoms with Crippen LogP contribution in [-0.4, -0.2) is 11.9 Å². The lowest BCUT2D eigenvalue weighted by Crippen LogP contribution is -2.28. The molecule has 0 spiro atoms. The smallest absolute Gasteiger partial charge is 0.248 e. The number of primary amides is 1. The van der Waals surface area contributed by atoms with Crippen molar-refractivity contribution in [3.05, 3.63) is 29.3 Å². The van der Waals surface area contributed by atoms with Crippen LogP contribution in [0.25, 0.3) is 0 Å². The average Bonchev–Trinajstić information content (AvgIpc) is 2.40. The van der Waals surface area contributed by atoms with Crippen LogP contribution in [0.5, 0.6) is 0 Å². The Kier molecular flexibility index (Phi) is 5.27. The number of amides is 1. The lowest BCUT2D eigenvalue weighted by molar-refractivity contribution is 0.1000. The molecule has 3 heteroatoms. The van der Waals surface area contributed by atoms with Crippen LogP contribution in [0.3, 0.4) is 0 Å². The Morgan fingerprint density at radius 2 is 2.14 bits per heavy atom. The van der Waals surface area contributed by atoms with Crippen LogP contribution in [-0.2, 0) is 0 Å². The fraction of sp³-hybridized carbons (Fsp3) is 0.611. The summed E-state index contributed by atoms with van der Waals surface area (Å²) in [7, 11) is 0. The van der Waals surface area contributed by atoms with Gasteiger partial charge >= 0.3 is 0 Å². The highest BCUT2D eigenvalue weighted by Crippen LogP contribution is 2.31. The first-order chi connectivity index (χ1) is 9.95. The van der Waals surface area contributed by atoms with E-state index in [9.17, 15) is 4.79 Å². The van der Waals surface area contributed by atoms with Crippen molar-refractivity contribution in [3.63, 3.8) is 0 Å². The molecule has 3 N–H and O–H groups in total. The van der Waals surface area contributed by atoms with Gasteiger partial charge < -0.3 is 11.1 Å². The summed E-state index contributed by atoms with van der Waals surface area (Å²) in [5.74, 6) is 1.27. The van der Waals surface area contributed by atoms with Crippen molar-refractivity contribution < 1.29 is 4.79 Å². The van der Waals surface area contributed by atoms with Crippen LogP contribution in [0.2, 0.25) is 0 Å². The minimum absolute atomic E-state index is 0.362. The van der Waals surface area contributed by atoms with E-state index in [-0.39, 0.29) is 5.91 Å². The molecule has 2 unspecified atom stereocenters. The quantitative estimate of drug-likeness (QED) is 0.856. The molecule has 1 amide bonds. The first-order valence-electron chi connectivity index (χ1n) is 8.12. The van der Waals surface area contributed by atoms with Gasteiger partial charge in [-0.15, -0.1) is 0 Å². The second kappa shape index (κ2) is 6.97. The van der Waals surface area contributed by atoms with Gasteiger partial charge in [-0.2, -0.15) is 0 Å². The average molecular weight is 288 g/mol. The molecule has 0 radical (unpaired) electrons. The molecule has 2 rings (SSSR count). The monoisotopic (exact) mass is 288 g/mol. The molecule has 0 aromatic heterocycles. The molecular weight excluding hydrogens is 260 g/mol. The van der Waals surface area contributed by atoms with Gasteiger partial charge in [-0.1, -0.05) is 26.7 Å². The highest BCUT2D eigenvalue weighted by Gasteiger charge is 2.22. The molecule has 0 bridgehead atoms. The third-order valence-electron chi connectivity index (χ3n) is 4.46. The first kappa shape index (κ1) is 15.9. The van der Waals surface area contributed by atoms with E-state index in [0.717, 1.165) is 23.1 Å². The van der Waals surface area contributed by atoms with Gasteiger partial charge in [0.2, 0.25) is 5.91 Å². The lowest BCUT2D eigenvalue weighted by Gasteiger charge is -2.31. The van der Waals surface area contributed by atoms with Crippen molar-refractivity contribution in [1.82, 2.24) is 0 Å². The highest BCUT2D eigenvalue weighted by atomic mass is 16.1. The number of benzene rings is 1. The summed E-state index contributed by atoms with van der Waals surface area (Å²) in [6.07, 6.45) is 6.52. The van der Waals surface area contributed by atoms with Gasteiger partial charge in [0.1, 0.15) is 0 Å². The third kappa shape index (κ3) is 4.48. The molecule has 1 aliphatic carbocycles. The van der Waals surface area contributed by atoms with Crippen molar-refractivity contribution in [2.75, 3.05) is 5.32 Å². The summed E-state index contributed by atoms with van der Waals surface area (Å²) in [5.41, 5.74) is 8.13. The van der Waals surface area contributed by atoms with Crippen molar-refractivity contribution in [2.24, 2.45) is 17.6 Å². The molecule has 1 fully saturated rings. The largest absolute Gasteiger partial charge is 0.382 e. The number of aryl methyl sites for hydroxylation is 1. The van der Waals surface area contributed by atoms with Crippen molar-refractivity contribution in [2.45, 2.75) is 58.9 Å². The van der Waals surface area contributed by atoms with Gasteiger partial charge in [0.05, 0.1) is 0 Å². The van der Waals surface area contributed by atoms with Crippen molar-refractivity contribution in [3.8, 4) is 0 Å². The molecule has 1 aliphatic rings. The van der Waals surface area contributed by atoms with E-state index in [0.29, 0.717) is 11.6 Å². The SMILES string of the molecule is Cc1cc(C(N)=O)ccc1NC1CCCC(CC(C)C)C1. The summed E-state index contributed by atoms with van der Waals surface area (Å²) in [4.78, 5) is 11.2. The number of hydrogen-bond acceptors (Lipinski definition) is 2. The summed E-state index contributed by atoms with van der Waals surface area (Å²) < 4.78 is 0. The number of nitrogens with one attached hydrogen (secondary N) is 1. The zero-order valence-corrected chi connectivity index (χ0v) is 13.5. The van der Waals surface area contributed by atoms with Crippen LogP contribution in [0.15, 0.2) is 18.2 Å². The van der Waals surface area contributed by atoms with Gasteiger partial charge in [-0.3, -0.25) is 4.79 Å². The molecule has 0 heterocycles. The summed E-state index contributed by atoms with van der Waals surface area (Å²) in [6.45, 7) is 6.65. The number of carbonyl (C=O) groups is 1. The fourth-order valence-corrected chi connectivity index (χ4v) is 3.50. The second-order valence-electron chi connectivity index (χ2n) is 6.90. The minimum atomic E-state index is -0.362. The molecular formula is C18H28N2O. The lowest BCUT2D eigenvalue weighted by atomic mass is 9.81. The molecule has 0 aliphatic heterocycles. The molecule has 1 saturated carbocycles. The maximum atomic E-state index is 11.2. The molecule has 2 atom stereocenters.